The first-order valence-corrected chi connectivity index (χ1v) is 5.22. The van der Waals surface area contributed by atoms with Gasteiger partial charge in [-0.2, -0.15) is 0 Å². The van der Waals surface area contributed by atoms with Gasteiger partial charge in [0.25, 0.3) is 0 Å². The molecule has 1 saturated heterocycles. The van der Waals surface area contributed by atoms with Crippen LogP contribution in [-0.4, -0.2) is 24.3 Å². The van der Waals surface area contributed by atoms with Crippen LogP contribution in [0, 0.1) is 5.41 Å². The second-order valence-corrected chi connectivity index (χ2v) is 4.38. The molecule has 0 radical (unpaired) electrons. The van der Waals surface area contributed by atoms with Gasteiger partial charge in [-0.15, -0.1) is 0 Å². The fourth-order valence-electron chi connectivity index (χ4n) is 2.91. The van der Waals surface area contributed by atoms with Crippen LogP contribution in [0.4, 0.5) is 0 Å². The van der Waals surface area contributed by atoms with Crippen LogP contribution in [0.5, 0.6) is 0 Å². The molecule has 0 bridgehead atoms. The predicted molar refractivity (Wildman–Crippen MR) is 49.0 cm³/mol. The topological polar surface area (TPSA) is 32.3 Å². The Labute approximate surface area is 74.4 Å². The largest absolute Gasteiger partial charge is 0.396 e. The SMILES string of the molecule is OC[C@@]12CCCC[C@H]1NCCC2. The molecular formula is C10H19NO. The minimum atomic E-state index is 0.260. The molecule has 2 N–H and O–H groups in total. The van der Waals surface area contributed by atoms with Crippen LogP contribution in [0.25, 0.3) is 0 Å². The molecule has 12 heavy (non-hydrogen) atoms. The average Bonchev–Trinajstić information content (AvgIpc) is 2.18. The second kappa shape index (κ2) is 3.35. The number of aliphatic hydroxyl groups excluding tert-OH is 1. The Hall–Kier alpha value is -0.0800. The van der Waals surface area contributed by atoms with Gasteiger partial charge in [0.05, 0.1) is 6.61 Å². The van der Waals surface area contributed by atoms with Gasteiger partial charge in [0, 0.05) is 11.5 Å². The third-order valence-corrected chi connectivity index (χ3v) is 3.71. The molecule has 0 unspecified atom stereocenters. The van der Waals surface area contributed by atoms with Crippen molar-refractivity contribution in [1.29, 1.82) is 0 Å². The first kappa shape index (κ1) is 8.52. The molecule has 2 nitrogen and oxygen atoms in total. The molecule has 70 valence electrons. The molecule has 0 aromatic carbocycles. The van der Waals surface area contributed by atoms with E-state index in [1.165, 1.54) is 38.5 Å². The van der Waals surface area contributed by atoms with E-state index in [0.29, 0.717) is 12.6 Å². The van der Waals surface area contributed by atoms with E-state index in [9.17, 15) is 5.11 Å². The van der Waals surface area contributed by atoms with Crippen LogP contribution < -0.4 is 5.32 Å². The van der Waals surface area contributed by atoms with Crippen molar-refractivity contribution in [3.8, 4) is 0 Å². The van der Waals surface area contributed by atoms with Crippen LogP contribution in [0.2, 0.25) is 0 Å². The third-order valence-electron chi connectivity index (χ3n) is 3.71. The summed E-state index contributed by atoms with van der Waals surface area (Å²) in [6, 6.07) is 0.616. The summed E-state index contributed by atoms with van der Waals surface area (Å²) in [5, 5.41) is 13.0. The summed E-state index contributed by atoms with van der Waals surface area (Å²) in [4.78, 5) is 0. The van der Waals surface area contributed by atoms with Crippen LogP contribution in [0.3, 0.4) is 0 Å². The van der Waals surface area contributed by atoms with E-state index in [-0.39, 0.29) is 5.41 Å². The fraction of sp³-hybridized carbons (Fsp3) is 1.00. The highest BCUT2D eigenvalue weighted by atomic mass is 16.3. The van der Waals surface area contributed by atoms with E-state index < -0.39 is 0 Å². The van der Waals surface area contributed by atoms with Crippen LogP contribution in [0.15, 0.2) is 0 Å². The molecule has 2 atom stereocenters. The monoisotopic (exact) mass is 169 g/mol. The molecule has 1 saturated carbocycles. The Balaban J connectivity index is 2.10. The summed E-state index contributed by atoms with van der Waals surface area (Å²) in [5.41, 5.74) is 0.260. The van der Waals surface area contributed by atoms with E-state index in [1.807, 2.05) is 0 Å². The van der Waals surface area contributed by atoms with Gasteiger partial charge < -0.3 is 10.4 Å². The first-order valence-electron chi connectivity index (χ1n) is 5.22. The molecule has 2 heteroatoms. The van der Waals surface area contributed by atoms with Crippen molar-refractivity contribution in [3.63, 3.8) is 0 Å². The summed E-state index contributed by atoms with van der Waals surface area (Å²) in [6.07, 6.45) is 7.66. The quantitative estimate of drug-likeness (QED) is 0.620. The zero-order valence-corrected chi connectivity index (χ0v) is 7.68. The van der Waals surface area contributed by atoms with Crippen molar-refractivity contribution in [2.45, 2.75) is 44.6 Å². The van der Waals surface area contributed by atoms with Crippen molar-refractivity contribution in [2.75, 3.05) is 13.2 Å². The Morgan fingerprint density at radius 2 is 2.08 bits per heavy atom. The molecule has 0 spiro atoms. The van der Waals surface area contributed by atoms with E-state index in [4.69, 9.17) is 0 Å². The Morgan fingerprint density at radius 3 is 2.83 bits per heavy atom. The molecule has 1 aliphatic carbocycles. The highest BCUT2D eigenvalue weighted by Crippen LogP contribution is 2.41. The number of hydrogen-bond acceptors (Lipinski definition) is 2. The number of rotatable bonds is 1. The van der Waals surface area contributed by atoms with Gasteiger partial charge in [-0.05, 0) is 32.2 Å². The maximum Gasteiger partial charge on any atom is 0.0502 e. The Kier molecular flexibility index (Phi) is 2.37. The van der Waals surface area contributed by atoms with Crippen molar-refractivity contribution in [2.24, 2.45) is 5.41 Å². The van der Waals surface area contributed by atoms with Gasteiger partial charge >= 0.3 is 0 Å². The van der Waals surface area contributed by atoms with Gasteiger partial charge in [0.2, 0.25) is 0 Å². The molecule has 2 rings (SSSR count). The van der Waals surface area contributed by atoms with Crippen molar-refractivity contribution < 1.29 is 5.11 Å². The lowest BCUT2D eigenvalue weighted by atomic mass is 9.66. The predicted octanol–water partition coefficient (Wildman–Crippen LogP) is 1.29. The van der Waals surface area contributed by atoms with Gasteiger partial charge in [-0.3, -0.25) is 0 Å². The maximum absolute atomic E-state index is 9.44. The number of aliphatic hydroxyl groups is 1. The standard InChI is InChI=1S/C10H19NO/c12-8-10-5-2-1-4-9(10)11-7-3-6-10/h9,11-12H,1-8H2/t9-,10+/m1/s1. The lowest BCUT2D eigenvalue weighted by molar-refractivity contribution is 0.0189. The zero-order valence-electron chi connectivity index (χ0n) is 7.68. The van der Waals surface area contributed by atoms with Crippen LogP contribution in [0.1, 0.15) is 38.5 Å². The van der Waals surface area contributed by atoms with E-state index >= 15 is 0 Å². The highest BCUT2D eigenvalue weighted by molar-refractivity contribution is 4.96. The van der Waals surface area contributed by atoms with Crippen molar-refractivity contribution in [1.82, 2.24) is 5.32 Å². The summed E-state index contributed by atoms with van der Waals surface area (Å²) in [6.45, 7) is 1.55. The summed E-state index contributed by atoms with van der Waals surface area (Å²) < 4.78 is 0. The average molecular weight is 169 g/mol. The van der Waals surface area contributed by atoms with Gasteiger partial charge in [0.1, 0.15) is 0 Å². The van der Waals surface area contributed by atoms with E-state index in [2.05, 4.69) is 5.32 Å². The summed E-state index contributed by atoms with van der Waals surface area (Å²) in [5.74, 6) is 0. The second-order valence-electron chi connectivity index (χ2n) is 4.38. The molecule has 0 aromatic rings. The normalized spacial score (nSPS) is 42.2. The smallest absolute Gasteiger partial charge is 0.0502 e. The van der Waals surface area contributed by atoms with Crippen molar-refractivity contribution >= 4 is 0 Å². The van der Waals surface area contributed by atoms with E-state index in [1.54, 1.807) is 0 Å². The molecule has 0 amide bonds. The summed E-state index contributed by atoms with van der Waals surface area (Å²) in [7, 11) is 0. The lowest BCUT2D eigenvalue weighted by Crippen LogP contribution is -2.53. The van der Waals surface area contributed by atoms with Crippen LogP contribution in [-0.2, 0) is 0 Å². The van der Waals surface area contributed by atoms with Gasteiger partial charge in [-0.1, -0.05) is 12.8 Å². The molecule has 1 aliphatic heterocycles. The Morgan fingerprint density at radius 1 is 1.25 bits per heavy atom. The minimum Gasteiger partial charge on any atom is -0.396 e. The maximum atomic E-state index is 9.44. The number of fused-ring (bicyclic) bond motifs is 1. The summed E-state index contributed by atoms with van der Waals surface area (Å²) >= 11 is 0. The molecular weight excluding hydrogens is 150 g/mol. The lowest BCUT2D eigenvalue weighted by Gasteiger charge is -2.46. The number of piperidine rings is 1. The zero-order chi connectivity index (χ0) is 8.44. The van der Waals surface area contributed by atoms with Crippen LogP contribution >= 0.6 is 0 Å². The Bertz CT molecular complexity index is 146. The van der Waals surface area contributed by atoms with Crippen molar-refractivity contribution in [3.05, 3.63) is 0 Å². The van der Waals surface area contributed by atoms with E-state index in [0.717, 1.165) is 6.54 Å². The number of nitrogens with one attached hydrogen (secondary N) is 1. The first-order chi connectivity index (χ1) is 5.87. The fourth-order valence-corrected chi connectivity index (χ4v) is 2.91. The minimum absolute atomic E-state index is 0.260. The molecule has 2 aliphatic rings. The molecule has 2 fully saturated rings. The molecule has 1 heterocycles. The third kappa shape index (κ3) is 1.27. The van der Waals surface area contributed by atoms with Gasteiger partial charge in [0.15, 0.2) is 0 Å². The number of hydrogen-bond donors (Lipinski definition) is 2. The molecule has 0 aromatic heterocycles. The highest BCUT2D eigenvalue weighted by Gasteiger charge is 2.41. The van der Waals surface area contributed by atoms with Gasteiger partial charge in [-0.25, -0.2) is 0 Å².